The number of benzene rings is 1. The molecule has 7 heteroatoms. The lowest BCUT2D eigenvalue weighted by Gasteiger charge is -2.29. The lowest BCUT2D eigenvalue weighted by atomic mass is 9.75. The summed E-state index contributed by atoms with van der Waals surface area (Å²) in [5.41, 5.74) is 4.76. The summed E-state index contributed by atoms with van der Waals surface area (Å²) in [4.78, 5) is 29.5. The zero-order chi connectivity index (χ0) is 18.5. The standard InChI is InChI=1S/C19H19N5O2/c1-19(2)9-14-12(15(25)10-19)8-13-16(18(26)22-20)23-24(17(13)21-14)11-6-4-3-5-7-11/h3-8H,9-10,20H2,1-2H3,(H,22,26). The second kappa shape index (κ2) is 5.74. The SMILES string of the molecule is CC1(C)CC(=O)c2cc3c(C(=O)NN)nn(-c4ccccc4)c3nc2C1. The Morgan fingerprint density at radius 1 is 1.23 bits per heavy atom. The average Bonchev–Trinajstić information content (AvgIpc) is 2.98. The molecular weight excluding hydrogens is 330 g/mol. The van der Waals surface area contributed by atoms with Gasteiger partial charge in [0.1, 0.15) is 0 Å². The van der Waals surface area contributed by atoms with Crippen molar-refractivity contribution in [3.8, 4) is 5.69 Å². The van der Waals surface area contributed by atoms with Crippen molar-refractivity contribution in [1.29, 1.82) is 0 Å². The minimum atomic E-state index is -0.519. The number of pyridine rings is 1. The molecule has 0 spiro atoms. The number of aromatic nitrogens is 3. The number of nitrogens with one attached hydrogen (secondary N) is 1. The van der Waals surface area contributed by atoms with Gasteiger partial charge in [0.2, 0.25) is 0 Å². The maximum absolute atomic E-state index is 12.6. The minimum absolute atomic E-state index is 0.0391. The van der Waals surface area contributed by atoms with E-state index in [4.69, 9.17) is 10.8 Å². The fourth-order valence-electron chi connectivity index (χ4n) is 3.48. The molecule has 2 heterocycles. The molecule has 0 bridgehead atoms. The molecule has 3 N–H and O–H groups in total. The molecule has 1 amide bonds. The maximum Gasteiger partial charge on any atom is 0.286 e. The zero-order valence-electron chi connectivity index (χ0n) is 14.6. The predicted octanol–water partition coefficient (Wildman–Crippen LogP) is 2.18. The van der Waals surface area contributed by atoms with Crippen LogP contribution in [0.25, 0.3) is 16.7 Å². The summed E-state index contributed by atoms with van der Waals surface area (Å²) in [6.45, 7) is 4.11. The van der Waals surface area contributed by atoms with Gasteiger partial charge in [0.05, 0.1) is 16.8 Å². The van der Waals surface area contributed by atoms with E-state index in [0.717, 1.165) is 11.4 Å². The number of hydrogen-bond acceptors (Lipinski definition) is 5. The summed E-state index contributed by atoms with van der Waals surface area (Å²) in [5, 5.41) is 4.93. The number of carbonyl (C=O) groups excluding carboxylic acids is 2. The van der Waals surface area contributed by atoms with Crippen molar-refractivity contribution < 1.29 is 9.59 Å². The lowest BCUT2D eigenvalue weighted by Crippen LogP contribution is -2.30. The highest BCUT2D eigenvalue weighted by molar-refractivity contribution is 6.07. The first-order chi connectivity index (χ1) is 12.4. The number of fused-ring (bicyclic) bond motifs is 2. The molecule has 7 nitrogen and oxygen atoms in total. The number of ketones is 1. The zero-order valence-corrected chi connectivity index (χ0v) is 14.6. The second-order valence-corrected chi connectivity index (χ2v) is 7.36. The summed E-state index contributed by atoms with van der Waals surface area (Å²) in [6, 6.07) is 11.2. The molecule has 0 saturated carbocycles. The fourth-order valence-corrected chi connectivity index (χ4v) is 3.48. The summed E-state index contributed by atoms with van der Waals surface area (Å²) < 4.78 is 1.62. The Morgan fingerprint density at radius 3 is 2.65 bits per heavy atom. The van der Waals surface area contributed by atoms with Crippen molar-refractivity contribution in [2.24, 2.45) is 11.3 Å². The largest absolute Gasteiger partial charge is 0.294 e. The molecule has 0 unspecified atom stereocenters. The third-order valence-electron chi connectivity index (χ3n) is 4.67. The van der Waals surface area contributed by atoms with E-state index in [1.165, 1.54) is 0 Å². The summed E-state index contributed by atoms with van der Waals surface area (Å²) in [7, 11) is 0. The molecule has 0 atom stereocenters. The Bertz CT molecular complexity index is 1040. The highest BCUT2D eigenvalue weighted by Crippen LogP contribution is 2.35. The van der Waals surface area contributed by atoms with Crippen LogP contribution in [0, 0.1) is 5.41 Å². The van der Waals surface area contributed by atoms with Crippen molar-refractivity contribution in [3.63, 3.8) is 0 Å². The van der Waals surface area contributed by atoms with Crippen LogP contribution in [0.4, 0.5) is 0 Å². The van der Waals surface area contributed by atoms with Crippen LogP contribution in [0.2, 0.25) is 0 Å². The number of hydrazine groups is 1. The predicted molar refractivity (Wildman–Crippen MR) is 97.0 cm³/mol. The number of nitrogens with zero attached hydrogens (tertiary/aromatic N) is 3. The molecule has 0 fully saturated rings. The molecule has 1 aliphatic rings. The number of nitrogen functional groups attached to an aromatic ring is 1. The van der Waals surface area contributed by atoms with Crippen molar-refractivity contribution in [3.05, 3.63) is 53.3 Å². The van der Waals surface area contributed by atoms with Gasteiger partial charge in [-0.15, -0.1) is 0 Å². The van der Waals surface area contributed by atoms with Crippen LogP contribution in [-0.2, 0) is 6.42 Å². The molecule has 1 aromatic carbocycles. The quantitative estimate of drug-likeness (QED) is 0.419. The van der Waals surface area contributed by atoms with E-state index < -0.39 is 5.91 Å². The van der Waals surface area contributed by atoms with Crippen LogP contribution < -0.4 is 11.3 Å². The average molecular weight is 349 g/mol. The third kappa shape index (κ3) is 2.57. The molecule has 1 aliphatic carbocycles. The second-order valence-electron chi connectivity index (χ2n) is 7.36. The molecule has 0 saturated heterocycles. The van der Waals surface area contributed by atoms with Gasteiger partial charge in [0, 0.05) is 12.0 Å². The van der Waals surface area contributed by atoms with Crippen LogP contribution in [0.1, 0.15) is 46.8 Å². The van der Waals surface area contributed by atoms with E-state index >= 15 is 0 Å². The van der Waals surface area contributed by atoms with Crippen molar-refractivity contribution in [2.75, 3.05) is 0 Å². The maximum atomic E-state index is 12.6. The van der Waals surface area contributed by atoms with Crippen LogP contribution >= 0.6 is 0 Å². The van der Waals surface area contributed by atoms with Crippen LogP contribution in [0.5, 0.6) is 0 Å². The number of amides is 1. The number of hydrogen-bond donors (Lipinski definition) is 2. The molecule has 132 valence electrons. The molecule has 2 aromatic heterocycles. The normalized spacial score (nSPS) is 15.7. The number of para-hydroxylation sites is 1. The molecule has 0 aliphatic heterocycles. The van der Waals surface area contributed by atoms with Crippen LogP contribution in [-0.4, -0.2) is 26.5 Å². The number of rotatable bonds is 2. The van der Waals surface area contributed by atoms with Gasteiger partial charge in [-0.05, 0) is 30.0 Å². The molecule has 4 rings (SSSR count). The van der Waals surface area contributed by atoms with Gasteiger partial charge in [-0.2, -0.15) is 5.10 Å². The van der Waals surface area contributed by atoms with Gasteiger partial charge < -0.3 is 0 Å². The Labute approximate surface area is 150 Å². The first-order valence-electron chi connectivity index (χ1n) is 8.42. The van der Waals surface area contributed by atoms with Gasteiger partial charge in [0.15, 0.2) is 17.1 Å². The Morgan fingerprint density at radius 2 is 1.96 bits per heavy atom. The monoisotopic (exact) mass is 349 g/mol. The van der Waals surface area contributed by atoms with Gasteiger partial charge in [0.25, 0.3) is 5.91 Å². The Hall–Kier alpha value is -3.06. The van der Waals surface area contributed by atoms with Gasteiger partial charge in [-0.1, -0.05) is 32.0 Å². The first-order valence-corrected chi connectivity index (χ1v) is 8.42. The van der Waals surface area contributed by atoms with Gasteiger partial charge in [-0.3, -0.25) is 15.0 Å². The topological polar surface area (TPSA) is 103 Å². The minimum Gasteiger partial charge on any atom is -0.294 e. The Kier molecular flexibility index (Phi) is 3.62. The Balaban J connectivity index is 2.02. The smallest absolute Gasteiger partial charge is 0.286 e. The van der Waals surface area contributed by atoms with Gasteiger partial charge in [-0.25, -0.2) is 15.5 Å². The fraction of sp³-hybridized carbons (Fsp3) is 0.263. The lowest BCUT2D eigenvalue weighted by molar-refractivity contribution is 0.0908. The van der Waals surface area contributed by atoms with Crippen LogP contribution in [0.3, 0.4) is 0 Å². The summed E-state index contributed by atoms with van der Waals surface area (Å²) >= 11 is 0. The van der Waals surface area contributed by atoms with Gasteiger partial charge >= 0.3 is 0 Å². The van der Waals surface area contributed by atoms with Crippen molar-refractivity contribution in [1.82, 2.24) is 20.2 Å². The molecular formula is C19H19N5O2. The summed E-state index contributed by atoms with van der Waals surface area (Å²) in [5.74, 6) is 4.83. The summed E-state index contributed by atoms with van der Waals surface area (Å²) in [6.07, 6.45) is 1.15. The highest BCUT2D eigenvalue weighted by atomic mass is 16.2. The third-order valence-corrected chi connectivity index (χ3v) is 4.67. The number of nitrogens with two attached hydrogens (primary N) is 1. The molecule has 26 heavy (non-hydrogen) atoms. The van der Waals surface area contributed by atoms with E-state index in [2.05, 4.69) is 24.4 Å². The molecule has 3 aromatic rings. The van der Waals surface area contributed by atoms with Crippen molar-refractivity contribution in [2.45, 2.75) is 26.7 Å². The van der Waals surface area contributed by atoms with E-state index in [9.17, 15) is 9.59 Å². The van der Waals surface area contributed by atoms with Crippen molar-refractivity contribution >= 4 is 22.7 Å². The number of carbonyl (C=O) groups is 2. The van der Waals surface area contributed by atoms with E-state index in [1.807, 2.05) is 30.3 Å². The highest BCUT2D eigenvalue weighted by Gasteiger charge is 2.33. The van der Waals surface area contributed by atoms with E-state index in [1.54, 1.807) is 10.7 Å². The van der Waals surface area contributed by atoms with E-state index in [-0.39, 0.29) is 16.9 Å². The molecule has 0 radical (unpaired) electrons. The van der Waals surface area contributed by atoms with E-state index in [0.29, 0.717) is 29.4 Å². The first kappa shape index (κ1) is 16.4. The van der Waals surface area contributed by atoms with Crippen LogP contribution in [0.15, 0.2) is 36.4 Å². The number of Topliss-reactive ketones (excluding diaryl/α,β-unsaturated/α-hetero) is 1.